The van der Waals surface area contributed by atoms with Gasteiger partial charge in [0.25, 0.3) is 0 Å². The van der Waals surface area contributed by atoms with Crippen LogP contribution in [0.1, 0.15) is 18.5 Å². The molecule has 0 amide bonds. The molecular formula is C13H18ClN3O2. The number of guanidine groups is 1. The first-order chi connectivity index (χ1) is 9.13. The molecule has 0 aliphatic carbocycles. The van der Waals surface area contributed by atoms with E-state index in [4.69, 9.17) is 26.8 Å². The number of halogens is 1. The van der Waals surface area contributed by atoms with Gasteiger partial charge >= 0.3 is 0 Å². The molecule has 5 nitrogen and oxygen atoms in total. The fourth-order valence-corrected chi connectivity index (χ4v) is 2.70. The Kier molecular flexibility index (Phi) is 4.04. The van der Waals surface area contributed by atoms with Crippen molar-refractivity contribution in [1.82, 2.24) is 4.90 Å². The number of hydrogen-bond donors (Lipinski definition) is 1. The Hall–Kier alpha value is -1.62. The number of aliphatic imine (C=N–C) groups is 1. The van der Waals surface area contributed by atoms with Crippen LogP contribution in [0.3, 0.4) is 0 Å². The van der Waals surface area contributed by atoms with Gasteiger partial charge in [0.15, 0.2) is 17.5 Å². The van der Waals surface area contributed by atoms with Gasteiger partial charge in [0, 0.05) is 6.54 Å². The van der Waals surface area contributed by atoms with Crippen molar-refractivity contribution in [2.45, 2.75) is 13.0 Å². The number of likely N-dealkylation sites (N-methyl/N-ethyl adjacent to an activating group) is 1. The van der Waals surface area contributed by atoms with Crippen molar-refractivity contribution in [1.29, 1.82) is 0 Å². The maximum atomic E-state index is 6.42. The van der Waals surface area contributed by atoms with Crippen LogP contribution in [0.2, 0.25) is 5.02 Å². The van der Waals surface area contributed by atoms with Gasteiger partial charge in [-0.1, -0.05) is 17.7 Å². The van der Waals surface area contributed by atoms with Gasteiger partial charge in [0.1, 0.15) is 0 Å². The summed E-state index contributed by atoms with van der Waals surface area (Å²) in [4.78, 5) is 6.30. The van der Waals surface area contributed by atoms with E-state index in [1.165, 1.54) is 0 Å². The minimum absolute atomic E-state index is 0.0531. The maximum Gasteiger partial charge on any atom is 0.191 e. The molecule has 2 N–H and O–H groups in total. The minimum Gasteiger partial charge on any atom is -0.493 e. The molecule has 1 aromatic carbocycles. The Bertz CT molecular complexity index is 505. The zero-order chi connectivity index (χ0) is 14.0. The second-order valence-electron chi connectivity index (χ2n) is 4.20. The SMILES string of the molecule is CCN1C(N)=NCC1c1ccc(OC)c(OC)c1Cl. The van der Waals surface area contributed by atoms with Crippen LogP contribution < -0.4 is 15.2 Å². The van der Waals surface area contributed by atoms with Gasteiger partial charge in [-0.3, -0.25) is 4.99 Å². The van der Waals surface area contributed by atoms with E-state index in [2.05, 4.69) is 4.99 Å². The Morgan fingerprint density at radius 2 is 2.16 bits per heavy atom. The van der Waals surface area contributed by atoms with E-state index >= 15 is 0 Å². The summed E-state index contributed by atoms with van der Waals surface area (Å²) in [6.07, 6.45) is 0. The molecule has 1 aliphatic heterocycles. The molecule has 6 heteroatoms. The second-order valence-corrected chi connectivity index (χ2v) is 4.58. The summed E-state index contributed by atoms with van der Waals surface area (Å²) in [6.45, 7) is 3.43. The smallest absolute Gasteiger partial charge is 0.191 e. The molecule has 0 saturated heterocycles. The number of ether oxygens (including phenoxy) is 2. The van der Waals surface area contributed by atoms with Crippen LogP contribution in [0.25, 0.3) is 0 Å². The van der Waals surface area contributed by atoms with Crippen molar-refractivity contribution >= 4 is 17.6 Å². The molecule has 1 heterocycles. The molecular weight excluding hydrogens is 266 g/mol. The Morgan fingerprint density at radius 3 is 2.74 bits per heavy atom. The third-order valence-electron chi connectivity index (χ3n) is 3.31. The average molecular weight is 284 g/mol. The van der Waals surface area contributed by atoms with Crippen LogP contribution in [-0.2, 0) is 0 Å². The standard InChI is InChI=1S/C13H18ClN3O2/c1-4-17-9(7-16-13(17)15)8-5-6-10(18-2)12(19-3)11(8)14/h5-6,9H,4,7H2,1-3H3,(H2,15,16). The molecule has 0 radical (unpaired) electrons. The summed E-state index contributed by atoms with van der Waals surface area (Å²) in [5.74, 6) is 1.72. The summed E-state index contributed by atoms with van der Waals surface area (Å²) in [7, 11) is 3.16. The van der Waals surface area contributed by atoms with E-state index in [1.807, 2.05) is 24.0 Å². The lowest BCUT2D eigenvalue weighted by Crippen LogP contribution is -2.35. The number of nitrogens with zero attached hydrogens (tertiary/aromatic N) is 2. The van der Waals surface area contributed by atoms with Crippen LogP contribution in [0, 0.1) is 0 Å². The van der Waals surface area contributed by atoms with Gasteiger partial charge in [0.05, 0.1) is 31.8 Å². The summed E-state index contributed by atoms with van der Waals surface area (Å²) >= 11 is 6.42. The molecule has 1 aliphatic rings. The van der Waals surface area contributed by atoms with Gasteiger partial charge in [-0.15, -0.1) is 0 Å². The average Bonchev–Trinajstić information content (AvgIpc) is 2.79. The predicted octanol–water partition coefficient (Wildman–Crippen LogP) is 2.05. The molecule has 0 spiro atoms. The van der Waals surface area contributed by atoms with Crippen LogP contribution in [0.15, 0.2) is 17.1 Å². The molecule has 104 valence electrons. The van der Waals surface area contributed by atoms with E-state index in [0.29, 0.717) is 29.0 Å². The third-order valence-corrected chi connectivity index (χ3v) is 3.70. The first-order valence-electron chi connectivity index (χ1n) is 6.10. The van der Waals surface area contributed by atoms with Crippen molar-refractivity contribution in [3.8, 4) is 11.5 Å². The third kappa shape index (κ3) is 2.30. The minimum atomic E-state index is 0.0531. The number of hydrogen-bond acceptors (Lipinski definition) is 5. The largest absolute Gasteiger partial charge is 0.493 e. The van der Waals surface area contributed by atoms with Gasteiger partial charge in [-0.25, -0.2) is 0 Å². The Morgan fingerprint density at radius 1 is 1.42 bits per heavy atom. The lowest BCUT2D eigenvalue weighted by Gasteiger charge is -2.26. The highest BCUT2D eigenvalue weighted by Gasteiger charge is 2.29. The fourth-order valence-electron chi connectivity index (χ4n) is 2.34. The predicted molar refractivity (Wildman–Crippen MR) is 76.2 cm³/mol. The quantitative estimate of drug-likeness (QED) is 0.919. The lowest BCUT2D eigenvalue weighted by molar-refractivity contribution is 0.346. The highest BCUT2D eigenvalue weighted by Crippen LogP contribution is 2.41. The monoisotopic (exact) mass is 283 g/mol. The highest BCUT2D eigenvalue weighted by atomic mass is 35.5. The lowest BCUT2D eigenvalue weighted by atomic mass is 10.1. The fraction of sp³-hybridized carbons (Fsp3) is 0.462. The van der Waals surface area contributed by atoms with Gasteiger partial charge in [-0.2, -0.15) is 0 Å². The number of rotatable bonds is 4. The van der Waals surface area contributed by atoms with E-state index in [0.717, 1.165) is 12.1 Å². The molecule has 19 heavy (non-hydrogen) atoms. The van der Waals surface area contributed by atoms with Gasteiger partial charge in [0.2, 0.25) is 0 Å². The molecule has 2 rings (SSSR count). The summed E-state index contributed by atoms with van der Waals surface area (Å²) in [6, 6.07) is 3.84. The van der Waals surface area contributed by atoms with Gasteiger partial charge < -0.3 is 20.1 Å². The van der Waals surface area contributed by atoms with Crippen LogP contribution in [0.4, 0.5) is 0 Å². The summed E-state index contributed by atoms with van der Waals surface area (Å²) in [5.41, 5.74) is 6.82. The highest BCUT2D eigenvalue weighted by molar-refractivity contribution is 6.33. The van der Waals surface area contributed by atoms with Crippen molar-refractivity contribution in [2.24, 2.45) is 10.7 Å². The zero-order valence-corrected chi connectivity index (χ0v) is 12.1. The van der Waals surface area contributed by atoms with E-state index in [1.54, 1.807) is 14.2 Å². The second kappa shape index (κ2) is 5.57. The molecule has 0 fully saturated rings. The molecule has 1 atom stereocenters. The summed E-state index contributed by atoms with van der Waals surface area (Å²) in [5, 5.41) is 0.551. The van der Waals surface area contributed by atoms with E-state index < -0.39 is 0 Å². The maximum absolute atomic E-state index is 6.42. The Labute approximate surface area is 118 Å². The van der Waals surface area contributed by atoms with Crippen LogP contribution >= 0.6 is 11.6 Å². The normalized spacial score (nSPS) is 18.4. The Balaban J connectivity index is 2.41. The zero-order valence-electron chi connectivity index (χ0n) is 11.3. The number of benzene rings is 1. The first-order valence-corrected chi connectivity index (χ1v) is 6.48. The summed E-state index contributed by atoms with van der Waals surface area (Å²) < 4.78 is 10.6. The molecule has 1 unspecified atom stereocenters. The van der Waals surface area contributed by atoms with Crippen molar-refractivity contribution < 1.29 is 9.47 Å². The van der Waals surface area contributed by atoms with Gasteiger partial charge in [-0.05, 0) is 18.6 Å². The van der Waals surface area contributed by atoms with Crippen molar-refractivity contribution in [3.63, 3.8) is 0 Å². The van der Waals surface area contributed by atoms with E-state index in [9.17, 15) is 0 Å². The van der Waals surface area contributed by atoms with E-state index in [-0.39, 0.29) is 6.04 Å². The number of methoxy groups -OCH3 is 2. The molecule has 0 aromatic heterocycles. The topological polar surface area (TPSA) is 60.1 Å². The molecule has 0 bridgehead atoms. The van der Waals surface area contributed by atoms with Crippen LogP contribution in [-0.4, -0.2) is 38.2 Å². The first kappa shape index (κ1) is 13.8. The molecule has 0 saturated carbocycles. The number of nitrogens with two attached hydrogens (primary N) is 1. The van der Waals surface area contributed by atoms with Crippen molar-refractivity contribution in [3.05, 3.63) is 22.7 Å². The molecule has 1 aromatic rings. The van der Waals surface area contributed by atoms with Crippen molar-refractivity contribution in [2.75, 3.05) is 27.3 Å². The van der Waals surface area contributed by atoms with Crippen LogP contribution in [0.5, 0.6) is 11.5 Å².